The van der Waals surface area contributed by atoms with E-state index in [0.29, 0.717) is 5.92 Å². The Morgan fingerprint density at radius 1 is 1.60 bits per heavy atom. The third kappa shape index (κ3) is 2.29. The molecule has 10 heavy (non-hydrogen) atoms. The van der Waals surface area contributed by atoms with E-state index in [4.69, 9.17) is 5.11 Å². The lowest BCUT2D eigenvalue weighted by Crippen LogP contribution is -2.20. The first-order valence-corrected chi connectivity index (χ1v) is 3.68. The molecule has 2 nitrogen and oxygen atoms in total. The van der Waals surface area contributed by atoms with Crippen LogP contribution in [0.5, 0.6) is 0 Å². The molecule has 0 aliphatic heterocycles. The molecular formula is C8H17NO. The van der Waals surface area contributed by atoms with E-state index in [1.165, 1.54) is 6.26 Å². The fraction of sp³-hybridized carbons (Fsp3) is 0.750. The summed E-state index contributed by atoms with van der Waals surface area (Å²) in [6.07, 6.45) is 1.19. The highest BCUT2D eigenvalue weighted by molar-refractivity contribution is 4.98. The number of aliphatic hydroxyl groups excluding tert-OH is 1. The van der Waals surface area contributed by atoms with Crippen molar-refractivity contribution in [2.75, 3.05) is 13.6 Å². The van der Waals surface area contributed by atoms with Gasteiger partial charge in [-0.2, -0.15) is 0 Å². The molecule has 0 unspecified atom stereocenters. The van der Waals surface area contributed by atoms with E-state index in [-0.39, 0.29) is 0 Å². The van der Waals surface area contributed by atoms with Crippen LogP contribution in [0.25, 0.3) is 0 Å². The van der Waals surface area contributed by atoms with Gasteiger partial charge >= 0.3 is 0 Å². The highest BCUT2D eigenvalue weighted by Crippen LogP contribution is 2.11. The van der Waals surface area contributed by atoms with Crippen molar-refractivity contribution in [3.8, 4) is 0 Å². The summed E-state index contributed by atoms with van der Waals surface area (Å²) in [4.78, 5) is 2.03. The molecule has 0 spiro atoms. The predicted molar refractivity (Wildman–Crippen MR) is 43.9 cm³/mol. The maximum absolute atomic E-state index is 8.79. The van der Waals surface area contributed by atoms with Crippen LogP contribution in [0.1, 0.15) is 20.8 Å². The van der Waals surface area contributed by atoms with Gasteiger partial charge in [0.2, 0.25) is 0 Å². The van der Waals surface area contributed by atoms with E-state index in [0.717, 1.165) is 12.2 Å². The van der Waals surface area contributed by atoms with Crippen molar-refractivity contribution in [1.29, 1.82) is 0 Å². The lowest BCUT2D eigenvalue weighted by atomic mass is 10.1. The van der Waals surface area contributed by atoms with Gasteiger partial charge < -0.3 is 10.0 Å². The number of hydrogen-bond donors (Lipinski definition) is 1. The van der Waals surface area contributed by atoms with Gasteiger partial charge in [-0.3, -0.25) is 0 Å². The lowest BCUT2D eigenvalue weighted by Gasteiger charge is -2.22. The highest BCUT2D eigenvalue weighted by atomic mass is 16.2. The molecule has 0 saturated heterocycles. The van der Waals surface area contributed by atoms with E-state index < -0.39 is 0 Å². The second-order valence-corrected chi connectivity index (χ2v) is 2.72. The molecule has 0 aromatic heterocycles. The number of allylic oxidation sites excluding steroid dienone is 1. The zero-order chi connectivity index (χ0) is 8.15. The first kappa shape index (κ1) is 9.34. The van der Waals surface area contributed by atoms with Gasteiger partial charge in [-0.1, -0.05) is 13.8 Å². The van der Waals surface area contributed by atoms with E-state index in [2.05, 4.69) is 20.8 Å². The average Bonchev–Trinajstić information content (AvgIpc) is 1.88. The molecule has 2 heteroatoms. The molecule has 0 heterocycles. The highest BCUT2D eigenvalue weighted by Gasteiger charge is 2.05. The van der Waals surface area contributed by atoms with Crippen LogP contribution in [0.4, 0.5) is 0 Å². The minimum atomic E-state index is 0.398. The zero-order valence-electron chi connectivity index (χ0n) is 7.26. The summed E-state index contributed by atoms with van der Waals surface area (Å²) in [6, 6.07) is 0. The minimum absolute atomic E-state index is 0.398. The Labute approximate surface area is 63.2 Å². The molecule has 0 amide bonds. The predicted octanol–water partition coefficient (Wildman–Crippen LogP) is 1.99. The summed E-state index contributed by atoms with van der Waals surface area (Å²) in [6.45, 7) is 7.12. The van der Waals surface area contributed by atoms with Crippen molar-refractivity contribution in [3.05, 3.63) is 12.0 Å². The molecule has 60 valence electrons. The molecule has 0 aliphatic rings. The summed E-state index contributed by atoms with van der Waals surface area (Å²) in [5, 5.41) is 8.79. The first-order chi connectivity index (χ1) is 4.63. The maximum Gasteiger partial charge on any atom is 0.0985 e. The van der Waals surface area contributed by atoms with Gasteiger partial charge in [-0.25, -0.2) is 0 Å². The molecule has 1 N–H and O–H groups in total. The van der Waals surface area contributed by atoms with Crippen LogP contribution < -0.4 is 0 Å². The number of rotatable bonds is 3. The van der Waals surface area contributed by atoms with Crippen molar-refractivity contribution in [1.82, 2.24) is 4.90 Å². The molecule has 0 rings (SSSR count). The fourth-order valence-corrected chi connectivity index (χ4v) is 0.871. The van der Waals surface area contributed by atoms with Crippen molar-refractivity contribution in [3.63, 3.8) is 0 Å². The third-order valence-electron chi connectivity index (χ3n) is 1.64. The van der Waals surface area contributed by atoms with E-state index in [9.17, 15) is 0 Å². The standard InChI is InChI=1S/C8H17NO/c1-5-9(4)8(6-10)7(2)3/h6-7,10H,5H2,1-4H3/b8-6-. The normalized spacial score (nSPS) is 12.3. The van der Waals surface area contributed by atoms with E-state index in [1.807, 2.05) is 11.9 Å². The summed E-state index contributed by atoms with van der Waals surface area (Å²) >= 11 is 0. The second-order valence-electron chi connectivity index (χ2n) is 2.72. The first-order valence-electron chi connectivity index (χ1n) is 3.68. The monoisotopic (exact) mass is 143 g/mol. The van der Waals surface area contributed by atoms with E-state index >= 15 is 0 Å². The zero-order valence-corrected chi connectivity index (χ0v) is 7.26. The number of hydrogen-bond acceptors (Lipinski definition) is 2. The molecule has 0 radical (unpaired) electrons. The molecule has 0 atom stereocenters. The van der Waals surface area contributed by atoms with E-state index in [1.54, 1.807) is 0 Å². The van der Waals surface area contributed by atoms with Gasteiger partial charge in [-0.15, -0.1) is 0 Å². The van der Waals surface area contributed by atoms with Crippen LogP contribution in [0.15, 0.2) is 12.0 Å². The molecule has 0 fully saturated rings. The topological polar surface area (TPSA) is 23.5 Å². The Morgan fingerprint density at radius 2 is 2.10 bits per heavy atom. The van der Waals surface area contributed by atoms with Gasteiger partial charge in [-0.05, 0) is 12.8 Å². The number of aliphatic hydroxyl groups is 1. The maximum atomic E-state index is 8.79. The van der Waals surface area contributed by atoms with Crippen molar-refractivity contribution in [2.24, 2.45) is 5.92 Å². The fourth-order valence-electron chi connectivity index (χ4n) is 0.871. The smallest absolute Gasteiger partial charge is 0.0985 e. The summed E-state index contributed by atoms with van der Waals surface area (Å²) in [7, 11) is 1.97. The third-order valence-corrected chi connectivity index (χ3v) is 1.64. The molecular weight excluding hydrogens is 126 g/mol. The van der Waals surface area contributed by atoms with Crippen molar-refractivity contribution >= 4 is 0 Å². The van der Waals surface area contributed by atoms with Crippen LogP contribution in [-0.4, -0.2) is 23.6 Å². The van der Waals surface area contributed by atoms with Gasteiger partial charge in [0.15, 0.2) is 0 Å². The minimum Gasteiger partial charge on any atom is -0.514 e. The van der Waals surface area contributed by atoms with Crippen LogP contribution in [0.2, 0.25) is 0 Å². The van der Waals surface area contributed by atoms with Crippen LogP contribution in [-0.2, 0) is 0 Å². The molecule has 0 aliphatic carbocycles. The second kappa shape index (κ2) is 4.20. The van der Waals surface area contributed by atoms with Crippen LogP contribution >= 0.6 is 0 Å². The lowest BCUT2D eigenvalue weighted by molar-refractivity contribution is 0.354. The Balaban J connectivity index is 4.08. The van der Waals surface area contributed by atoms with Crippen LogP contribution in [0, 0.1) is 5.92 Å². The quantitative estimate of drug-likeness (QED) is 0.611. The largest absolute Gasteiger partial charge is 0.514 e. The van der Waals surface area contributed by atoms with Gasteiger partial charge in [0.25, 0.3) is 0 Å². The summed E-state index contributed by atoms with van der Waals surface area (Å²) in [5.41, 5.74) is 0.988. The molecule has 0 aromatic rings. The Bertz CT molecular complexity index is 118. The van der Waals surface area contributed by atoms with Crippen molar-refractivity contribution < 1.29 is 5.11 Å². The Hall–Kier alpha value is -0.660. The van der Waals surface area contributed by atoms with Crippen LogP contribution in [0.3, 0.4) is 0 Å². The average molecular weight is 143 g/mol. The molecule has 0 aromatic carbocycles. The SMILES string of the molecule is CCN(C)/C(=C\O)C(C)C. The molecule has 0 bridgehead atoms. The Morgan fingerprint density at radius 3 is 2.20 bits per heavy atom. The number of nitrogens with zero attached hydrogens (tertiary/aromatic N) is 1. The summed E-state index contributed by atoms with van der Waals surface area (Å²) < 4.78 is 0. The van der Waals surface area contributed by atoms with Gasteiger partial charge in [0.1, 0.15) is 0 Å². The van der Waals surface area contributed by atoms with Gasteiger partial charge in [0.05, 0.1) is 12.0 Å². The Kier molecular flexibility index (Phi) is 3.93. The van der Waals surface area contributed by atoms with Gasteiger partial charge in [0, 0.05) is 13.6 Å². The summed E-state index contributed by atoms with van der Waals surface area (Å²) in [5.74, 6) is 0.398. The van der Waals surface area contributed by atoms with Crippen molar-refractivity contribution in [2.45, 2.75) is 20.8 Å². The molecule has 0 saturated carbocycles.